The van der Waals surface area contributed by atoms with Crippen molar-refractivity contribution in [2.45, 2.75) is 36.8 Å². The lowest BCUT2D eigenvalue weighted by Gasteiger charge is -2.16. The highest BCUT2D eigenvalue weighted by molar-refractivity contribution is 8.00. The summed E-state index contributed by atoms with van der Waals surface area (Å²) in [5.74, 6) is -1.58. The molecule has 0 aliphatic heterocycles. The molecule has 0 saturated heterocycles. The van der Waals surface area contributed by atoms with E-state index in [2.05, 4.69) is 5.32 Å². The van der Waals surface area contributed by atoms with Gasteiger partial charge >= 0.3 is 5.97 Å². The molecule has 0 saturated carbocycles. The highest BCUT2D eigenvalue weighted by Gasteiger charge is 2.20. The minimum atomic E-state index is -0.872. The lowest BCUT2D eigenvalue weighted by atomic mass is 10.0. The Morgan fingerprint density at radius 3 is 2.62 bits per heavy atom. The summed E-state index contributed by atoms with van der Waals surface area (Å²) in [5, 5.41) is 12.0. The van der Waals surface area contributed by atoms with Crippen molar-refractivity contribution in [2.75, 3.05) is 6.54 Å². The number of hydrogen-bond donors (Lipinski definition) is 2. The zero-order chi connectivity index (χ0) is 15.8. The average Bonchev–Trinajstić information content (AvgIpc) is 2.45. The van der Waals surface area contributed by atoms with E-state index in [1.165, 1.54) is 11.8 Å². The van der Waals surface area contributed by atoms with Crippen LogP contribution in [0.3, 0.4) is 0 Å². The van der Waals surface area contributed by atoms with Gasteiger partial charge < -0.3 is 10.4 Å². The van der Waals surface area contributed by atoms with Crippen LogP contribution in [0.2, 0.25) is 5.02 Å². The molecule has 2 atom stereocenters. The number of aliphatic carboxylic acids is 1. The first-order valence-electron chi connectivity index (χ1n) is 6.87. The van der Waals surface area contributed by atoms with Gasteiger partial charge in [-0.15, -0.1) is 11.8 Å². The lowest BCUT2D eigenvalue weighted by Crippen LogP contribution is -2.37. The molecule has 0 aliphatic carbocycles. The van der Waals surface area contributed by atoms with Crippen LogP contribution in [0.1, 0.15) is 26.7 Å². The summed E-state index contributed by atoms with van der Waals surface area (Å²) in [6.45, 7) is 3.86. The molecule has 116 valence electrons. The topological polar surface area (TPSA) is 66.4 Å². The quantitative estimate of drug-likeness (QED) is 0.717. The van der Waals surface area contributed by atoms with Crippen molar-refractivity contribution in [1.29, 1.82) is 0 Å². The van der Waals surface area contributed by atoms with Crippen LogP contribution in [0, 0.1) is 5.92 Å². The number of carbonyl (C=O) groups is 2. The Hall–Kier alpha value is -1.20. The van der Waals surface area contributed by atoms with E-state index in [9.17, 15) is 9.59 Å². The van der Waals surface area contributed by atoms with Crippen LogP contribution in [0.15, 0.2) is 29.2 Å². The van der Waals surface area contributed by atoms with Gasteiger partial charge in [0.25, 0.3) is 0 Å². The van der Waals surface area contributed by atoms with Crippen LogP contribution in [-0.4, -0.2) is 28.8 Å². The van der Waals surface area contributed by atoms with Gasteiger partial charge in [0.2, 0.25) is 5.91 Å². The maximum atomic E-state index is 12.0. The third-order valence-corrected chi connectivity index (χ3v) is 4.64. The minimum Gasteiger partial charge on any atom is -0.481 e. The first-order valence-corrected chi connectivity index (χ1v) is 8.13. The number of halogens is 1. The van der Waals surface area contributed by atoms with Crippen LogP contribution in [0.25, 0.3) is 0 Å². The largest absolute Gasteiger partial charge is 0.481 e. The van der Waals surface area contributed by atoms with Gasteiger partial charge in [-0.2, -0.15) is 0 Å². The first-order chi connectivity index (χ1) is 9.95. The summed E-state index contributed by atoms with van der Waals surface area (Å²) in [7, 11) is 0. The number of carbonyl (C=O) groups excluding carboxylic acids is 1. The molecule has 0 aliphatic rings. The lowest BCUT2D eigenvalue weighted by molar-refractivity contribution is -0.141. The van der Waals surface area contributed by atoms with E-state index in [0.29, 0.717) is 11.4 Å². The van der Waals surface area contributed by atoms with E-state index >= 15 is 0 Å². The van der Waals surface area contributed by atoms with E-state index in [4.69, 9.17) is 16.7 Å². The van der Waals surface area contributed by atoms with Crippen molar-refractivity contribution in [3.05, 3.63) is 29.3 Å². The van der Waals surface area contributed by atoms with Crippen molar-refractivity contribution in [3.63, 3.8) is 0 Å². The molecule has 1 amide bonds. The molecule has 0 aromatic heterocycles. The number of rotatable bonds is 8. The molecule has 21 heavy (non-hydrogen) atoms. The molecule has 2 unspecified atom stereocenters. The molecule has 6 heteroatoms. The summed E-state index contributed by atoms with van der Waals surface area (Å²) in [6.07, 6.45) is 1.33. The molecule has 1 rings (SSSR count). The van der Waals surface area contributed by atoms with Crippen LogP contribution < -0.4 is 5.32 Å². The SMILES string of the molecule is CCCC(CNC(=O)C(C)Sc1ccccc1Cl)C(=O)O. The van der Waals surface area contributed by atoms with Crippen molar-refractivity contribution in [3.8, 4) is 0 Å². The van der Waals surface area contributed by atoms with Gasteiger partial charge in [-0.1, -0.05) is 37.1 Å². The zero-order valence-corrected chi connectivity index (χ0v) is 13.7. The van der Waals surface area contributed by atoms with Crippen molar-refractivity contribution in [2.24, 2.45) is 5.92 Å². The van der Waals surface area contributed by atoms with Gasteiger partial charge in [0.15, 0.2) is 0 Å². The molecule has 0 radical (unpaired) electrons. The summed E-state index contributed by atoms with van der Waals surface area (Å²) in [5.41, 5.74) is 0. The number of hydrogen-bond acceptors (Lipinski definition) is 3. The number of carboxylic acid groups (broad SMARTS) is 1. The highest BCUT2D eigenvalue weighted by Crippen LogP contribution is 2.29. The monoisotopic (exact) mass is 329 g/mol. The normalized spacial score (nSPS) is 13.5. The third-order valence-electron chi connectivity index (χ3n) is 3.02. The maximum Gasteiger partial charge on any atom is 0.308 e. The van der Waals surface area contributed by atoms with Crippen LogP contribution in [0.5, 0.6) is 0 Å². The van der Waals surface area contributed by atoms with Gasteiger partial charge in [-0.05, 0) is 25.5 Å². The Labute approximate surface area is 134 Å². The Balaban J connectivity index is 2.51. The van der Waals surface area contributed by atoms with Crippen molar-refractivity contribution < 1.29 is 14.7 Å². The van der Waals surface area contributed by atoms with E-state index in [-0.39, 0.29) is 17.7 Å². The second-order valence-corrected chi connectivity index (χ2v) is 6.55. The molecule has 1 aromatic carbocycles. The summed E-state index contributed by atoms with van der Waals surface area (Å²) < 4.78 is 0. The van der Waals surface area contributed by atoms with E-state index in [0.717, 1.165) is 11.3 Å². The molecule has 4 nitrogen and oxygen atoms in total. The Bertz CT molecular complexity index is 496. The second kappa shape index (κ2) is 8.95. The first kappa shape index (κ1) is 17.9. The Morgan fingerprint density at radius 1 is 1.38 bits per heavy atom. The smallest absolute Gasteiger partial charge is 0.308 e. The molecule has 0 heterocycles. The number of carboxylic acids is 1. The van der Waals surface area contributed by atoms with Gasteiger partial charge in [0.1, 0.15) is 0 Å². The van der Waals surface area contributed by atoms with Gasteiger partial charge in [0.05, 0.1) is 16.2 Å². The molecule has 0 fully saturated rings. The molecular formula is C15H20ClNO3S. The number of nitrogens with one attached hydrogen (secondary N) is 1. The van der Waals surface area contributed by atoms with Crippen LogP contribution in [-0.2, 0) is 9.59 Å². The fraction of sp³-hybridized carbons (Fsp3) is 0.467. The van der Waals surface area contributed by atoms with E-state index < -0.39 is 11.9 Å². The summed E-state index contributed by atoms with van der Waals surface area (Å²) in [4.78, 5) is 23.9. The third kappa shape index (κ3) is 5.98. The predicted octanol–water partition coefficient (Wildman–Crippen LogP) is 3.44. The molecule has 0 bridgehead atoms. The number of thioether (sulfide) groups is 1. The maximum absolute atomic E-state index is 12.0. The van der Waals surface area contributed by atoms with Gasteiger partial charge in [-0.25, -0.2) is 0 Å². The fourth-order valence-corrected chi connectivity index (χ4v) is 2.99. The van der Waals surface area contributed by atoms with Crippen molar-refractivity contribution >= 4 is 35.2 Å². The number of amides is 1. The molecule has 2 N–H and O–H groups in total. The van der Waals surface area contributed by atoms with Gasteiger partial charge in [0, 0.05) is 11.4 Å². The van der Waals surface area contributed by atoms with Crippen LogP contribution >= 0.6 is 23.4 Å². The molecule has 1 aromatic rings. The van der Waals surface area contributed by atoms with E-state index in [1.54, 1.807) is 13.0 Å². The molecule has 0 spiro atoms. The summed E-state index contributed by atoms with van der Waals surface area (Å²) >= 11 is 7.41. The zero-order valence-electron chi connectivity index (χ0n) is 12.1. The fourth-order valence-electron chi connectivity index (χ4n) is 1.81. The van der Waals surface area contributed by atoms with Crippen LogP contribution in [0.4, 0.5) is 0 Å². The summed E-state index contributed by atoms with van der Waals surface area (Å²) in [6, 6.07) is 7.32. The number of benzene rings is 1. The molecular weight excluding hydrogens is 310 g/mol. The minimum absolute atomic E-state index is 0.162. The Kier molecular flexibility index (Phi) is 7.61. The van der Waals surface area contributed by atoms with Crippen molar-refractivity contribution in [1.82, 2.24) is 5.32 Å². The average molecular weight is 330 g/mol. The second-order valence-electron chi connectivity index (χ2n) is 4.76. The Morgan fingerprint density at radius 2 is 2.05 bits per heavy atom. The predicted molar refractivity (Wildman–Crippen MR) is 85.8 cm³/mol. The van der Waals surface area contributed by atoms with Gasteiger partial charge in [-0.3, -0.25) is 9.59 Å². The van der Waals surface area contributed by atoms with E-state index in [1.807, 2.05) is 25.1 Å². The standard InChI is InChI=1S/C15H20ClNO3S/c1-3-6-11(15(19)20)9-17-14(18)10(2)21-13-8-5-4-7-12(13)16/h4-5,7-8,10-11H,3,6,9H2,1-2H3,(H,17,18)(H,19,20). The highest BCUT2D eigenvalue weighted by atomic mass is 35.5.